The number of hydrogen-bond donors (Lipinski definition) is 0. The molecule has 0 unspecified atom stereocenters. The summed E-state index contributed by atoms with van der Waals surface area (Å²) in [5.41, 5.74) is 0.214. The first kappa shape index (κ1) is 12.2. The van der Waals surface area contributed by atoms with E-state index in [0.29, 0.717) is 6.54 Å². The minimum Gasteiger partial charge on any atom is -0.296 e. The van der Waals surface area contributed by atoms with Crippen LogP contribution in [0.2, 0.25) is 0 Å². The molecular formula is C14H18FNO. The van der Waals surface area contributed by atoms with E-state index in [9.17, 15) is 9.18 Å². The number of benzene rings is 1. The standard InChI is InChI=1S/C14H18FNO/c1-11-6-8-16(9-7-11)10-14(17)12-4-2-3-5-13(12)15/h2-5,11H,6-10H2,1H3. The lowest BCUT2D eigenvalue weighted by Crippen LogP contribution is -2.37. The summed E-state index contributed by atoms with van der Waals surface area (Å²) in [6.07, 6.45) is 2.26. The quantitative estimate of drug-likeness (QED) is 0.751. The minimum atomic E-state index is -0.414. The molecule has 0 spiro atoms. The molecule has 1 saturated heterocycles. The highest BCUT2D eigenvalue weighted by molar-refractivity contribution is 5.97. The molecule has 1 aliphatic rings. The van der Waals surface area contributed by atoms with Gasteiger partial charge in [0.15, 0.2) is 5.78 Å². The number of nitrogens with zero attached hydrogens (tertiary/aromatic N) is 1. The van der Waals surface area contributed by atoms with Crippen LogP contribution in [0, 0.1) is 11.7 Å². The first-order valence-corrected chi connectivity index (χ1v) is 6.17. The van der Waals surface area contributed by atoms with Gasteiger partial charge in [0.05, 0.1) is 12.1 Å². The third-order valence-electron chi connectivity index (χ3n) is 3.42. The summed E-state index contributed by atoms with van der Waals surface area (Å²) in [6, 6.07) is 6.21. The van der Waals surface area contributed by atoms with E-state index >= 15 is 0 Å². The molecule has 1 aromatic carbocycles. The van der Waals surface area contributed by atoms with E-state index in [1.54, 1.807) is 18.2 Å². The second-order valence-electron chi connectivity index (χ2n) is 4.86. The van der Waals surface area contributed by atoms with Crippen LogP contribution in [-0.2, 0) is 0 Å². The van der Waals surface area contributed by atoms with Crippen molar-refractivity contribution in [3.05, 3.63) is 35.6 Å². The van der Waals surface area contributed by atoms with Gasteiger partial charge in [0.2, 0.25) is 0 Å². The van der Waals surface area contributed by atoms with Crippen molar-refractivity contribution in [1.82, 2.24) is 4.90 Å². The van der Waals surface area contributed by atoms with Gasteiger partial charge >= 0.3 is 0 Å². The van der Waals surface area contributed by atoms with Crippen molar-refractivity contribution in [2.75, 3.05) is 19.6 Å². The number of rotatable bonds is 3. The molecule has 92 valence electrons. The molecule has 0 amide bonds. The fourth-order valence-electron chi connectivity index (χ4n) is 2.20. The molecule has 17 heavy (non-hydrogen) atoms. The largest absolute Gasteiger partial charge is 0.296 e. The molecular weight excluding hydrogens is 217 g/mol. The van der Waals surface area contributed by atoms with Crippen LogP contribution in [0.4, 0.5) is 4.39 Å². The lowest BCUT2D eigenvalue weighted by molar-refractivity contribution is 0.0896. The smallest absolute Gasteiger partial charge is 0.179 e. The Morgan fingerprint density at radius 2 is 2.00 bits per heavy atom. The van der Waals surface area contributed by atoms with Crippen LogP contribution in [0.1, 0.15) is 30.1 Å². The van der Waals surface area contributed by atoms with Crippen molar-refractivity contribution in [3.63, 3.8) is 0 Å². The second-order valence-corrected chi connectivity index (χ2v) is 4.86. The van der Waals surface area contributed by atoms with Crippen LogP contribution in [0.15, 0.2) is 24.3 Å². The third-order valence-corrected chi connectivity index (χ3v) is 3.42. The zero-order valence-electron chi connectivity index (χ0n) is 10.2. The van der Waals surface area contributed by atoms with Crippen LogP contribution in [-0.4, -0.2) is 30.3 Å². The van der Waals surface area contributed by atoms with Gasteiger partial charge in [-0.15, -0.1) is 0 Å². The first-order valence-electron chi connectivity index (χ1n) is 6.17. The maximum Gasteiger partial charge on any atom is 0.179 e. The minimum absolute atomic E-state index is 0.113. The van der Waals surface area contributed by atoms with E-state index < -0.39 is 5.82 Å². The van der Waals surface area contributed by atoms with Gasteiger partial charge in [0, 0.05) is 0 Å². The molecule has 0 aromatic heterocycles. The van der Waals surface area contributed by atoms with E-state index in [0.717, 1.165) is 31.8 Å². The molecule has 0 bridgehead atoms. The molecule has 1 aromatic rings. The van der Waals surface area contributed by atoms with Gasteiger partial charge in [-0.1, -0.05) is 19.1 Å². The van der Waals surface area contributed by atoms with Crippen LogP contribution >= 0.6 is 0 Å². The Kier molecular flexibility index (Phi) is 3.89. The number of hydrogen-bond acceptors (Lipinski definition) is 2. The second kappa shape index (κ2) is 5.41. The van der Waals surface area contributed by atoms with Crippen molar-refractivity contribution < 1.29 is 9.18 Å². The number of carbonyl (C=O) groups is 1. The van der Waals surface area contributed by atoms with Crippen molar-refractivity contribution in [3.8, 4) is 0 Å². The molecule has 0 saturated carbocycles. The Morgan fingerprint density at radius 1 is 1.35 bits per heavy atom. The monoisotopic (exact) mass is 235 g/mol. The maximum absolute atomic E-state index is 13.4. The molecule has 0 atom stereocenters. The topological polar surface area (TPSA) is 20.3 Å². The highest BCUT2D eigenvalue weighted by Gasteiger charge is 2.19. The third kappa shape index (κ3) is 3.13. The van der Waals surface area contributed by atoms with Gasteiger partial charge < -0.3 is 0 Å². The summed E-state index contributed by atoms with van der Waals surface area (Å²) in [4.78, 5) is 14.1. The average molecular weight is 235 g/mol. The van der Waals surface area contributed by atoms with Gasteiger partial charge in [0.1, 0.15) is 5.82 Å². The van der Waals surface area contributed by atoms with Crippen LogP contribution in [0.3, 0.4) is 0 Å². The Labute approximate surface area is 101 Å². The van der Waals surface area contributed by atoms with Gasteiger partial charge in [-0.2, -0.15) is 0 Å². The van der Waals surface area contributed by atoms with Crippen molar-refractivity contribution in [1.29, 1.82) is 0 Å². The van der Waals surface area contributed by atoms with E-state index in [1.807, 2.05) is 0 Å². The molecule has 3 heteroatoms. The summed E-state index contributed by atoms with van der Waals surface area (Å²) < 4.78 is 13.4. The summed E-state index contributed by atoms with van der Waals surface area (Å²) in [5, 5.41) is 0. The Morgan fingerprint density at radius 3 is 2.65 bits per heavy atom. The van der Waals surface area contributed by atoms with Crippen LogP contribution in [0.5, 0.6) is 0 Å². The summed E-state index contributed by atoms with van der Waals surface area (Å²) in [6.45, 7) is 4.46. The zero-order valence-corrected chi connectivity index (χ0v) is 10.2. The fraction of sp³-hybridized carbons (Fsp3) is 0.500. The molecule has 0 radical (unpaired) electrons. The van der Waals surface area contributed by atoms with Gasteiger partial charge in [-0.05, 0) is 44.0 Å². The van der Waals surface area contributed by atoms with E-state index in [2.05, 4.69) is 11.8 Å². The number of piperidine rings is 1. The van der Waals surface area contributed by atoms with E-state index in [4.69, 9.17) is 0 Å². The lowest BCUT2D eigenvalue weighted by Gasteiger charge is -2.29. The molecule has 1 aliphatic heterocycles. The number of likely N-dealkylation sites (tertiary alicyclic amines) is 1. The molecule has 1 fully saturated rings. The predicted molar refractivity (Wildman–Crippen MR) is 65.6 cm³/mol. The lowest BCUT2D eigenvalue weighted by atomic mass is 9.98. The van der Waals surface area contributed by atoms with Gasteiger partial charge in [-0.25, -0.2) is 4.39 Å². The highest BCUT2D eigenvalue weighted by Crippen LogP contribution is 2.16. The molecule has 0 aliphatic carbocycles. The van der Waals surface area contributed by atoms with Crippen LogP contribution < -0.4 is 0 Å². The van der Waals surface area contributed by atoms with Gasteiger partial charge in [-0.3, -0.25) is 9.69 Å². The number of carbonyl (C=O) groups excluding carboxylic acids is 1. The zero-order chi connectivity index (χ0) is 12.3. The van der Waals surface area contributed by atoms with E-state index in [1.165, 1.54) is 6.07 Å². The van der Waals surface area contributed by atoms with Gasteiger partial charge in [0.25, 0.3) is 0 Å². The maximum atomic E-state index is 13.4. The Hall–Kier alpha value is -1.22. The van der Waals surface area contributed by atoms with Crippen molar-refractivity contribution in [2.45, 2.75) is 19.8 Å². The number of halogens is 1. The number of ketones is 1. The summed E-state index contributed by atoms with van der Waals surface area (Å²) >= 11 is 0. The van der Waals surface area contributed by atoms with Crippen molar-refractivity contribution in [2.24, 2.45) is 5.92 Å². The predicted octanol–water partition coefficient (Wildman–Crippen LogP) is 2.74. The Balaban J connectivity index is 1.96. The van der Waals surface area contributed by atoms with E-state index in [-0.39, 0.29) is 11.3 Å². The normalized spacial score (nSPS) is 18.2. The molecule has 2 nitrogen and oxygen atoms in total. The highest BCUT2D eigenvalue weighted by atomic mass is 19.1. The molecule has 1 heterocycles. The number of Topliss-reactive ketones (excluding diaryl/α,β-unsaturated/α-hetero) is 1. The Bertz CT molecular complexity index is 397. The molecule has 2 rings (SSSR count). The first-order chi connectivity index (χ1) is 8.16. The van der Waals surface area contributed by atoms with Crippen LogP contribution in [0.25, 0.3) is 0 Å². The average Bonchev–Trinajstić information content (AvgIpc) is 2.32. The summed E-state index contributed by atoms with van der Waals surface area (Å²) in [5.74, 6) is 0.218. The summed E-state index contributed by atoms with van der Waals surface area (Å²) in [7, 11) is 0. The molecule has 0 N–H and O–H groups in total. The SMILES string of the molecule is CC1CCN(CC(=O)c2ccccc2F)CC1. The fourth-order valence-corrected chi connectivity index (χ4v) is 2.20. The van der Waals surface area contributed by atoms with Crippen molar-refractivity contribution >= 4 is 5.78 Å².